The molecule has 0 unspecified atom stereocenters. The third-order valence-electron chi connectivity index (χ3n) is 2.62. The normalized spacial score (nSPS) is 10.7. The van der Waals surface area contributed by atoms with E-state index in [-0.39, 0.29) is 5.91 Å². The number of carbonyl (C=O) groups excluding carboxylic acids is 1. The van der Waals surface area contributed by atoms with Crippen molar-refractivity contribution in [3.8, 4) is 0 Å². The number of fused-ring (bicyclic) bond motifs is 1. The van der Waals surface area contributed by atoms with Crippen molar-refractivity contribution in [1.29, 1.82) is 0 Å². The summed E-state index contributed by atoms with van der Waals surface area (Å²) in [5, 5.41) is 5.54. The fourth-order valence-corrected chi connectivity index (χ4v) is 3.23. The second-order valence-corrected chi connectivity index (χ2v) is 5.58. The van der Waals surface area contributed by atoms with Crippen molar-refractivity contribution in [1.82, 2.24) is 15.3 Å². The molecule has 7 heteroatoms. The highest BCUT2D eigenvalue weighted by atomic mass is 32.1. The summed E-state index contributed by atoms with van der Waals surface area (Å²) < 4.78 is 0. The second kappa shape index (κ2) is 4.94. The van der Waals surface area contributed by atoms with E-state index < -0.39 is 0 Å². The molecular formula is C12H10N4OS2. The molecular weight excluding hydrogens is 280 g/mol. The van der Waals surface area contributed by atoms with E-state index in [1.807, 2.05) is 17.5 Å². The van der Waals surface area contributed by atoms with Gasteiger partial charge in [0.25, 0.3) is 5.91 Å². The van der Waals surface area contributed by atoms with Crippen LogP contribution in [0.3, 0.4) is 0 Å². The van der Waals surface area contributed by atoms with Crippen LogP contribution in [0.15, 0.2) is 29.2 Å². The molecule has 5 nitrogen and oxygen atoms in total. The van der Waals surface area contributed by atoms with E-state index in [2.05, 4.69) is 15.3 Å². The minimum atomic E-state index is -0.187. The van der Waals surface area contributed by atoms with Gasteiger partial charge in [0.2, 0.25) is 0 Å². The third-order valence-corrected chi connectivity index (χ3v) is 4.39. The van der Waals surface area contributed by atoms with Crippen LogP contribution in [0, 0.1) is 0 Å². The minimum absolute atomic E-state index is 0.187. The summed E-state index contributed by atoms with van der Waals surface area (Å²) in [6.07, 6.45) is 1.69. The number of nitrogens with two attached hydrogens (primary N) is 1. The fraction of sp³-hybridized carbons (Fsp3) is 0.0833. The Kier molecular flexibility index (Phi) is 3.14. The predicted octanol–water partition coefficient (Wildman–Crippen LogP) is 2.26. The Balaban J connectivity index is 1.83. The summed E-state index contributed by atoms with van der Waals surface area (Å²) in [5.74, 6) is -0.187. The van der Waals surface area contributed by atoms with Gasteiger partial charge in [-0.05, 0) is 12.1 Å². The molecule has 96 valence electrons. The van der Waals surface area contributed by atoms with Gasteiger partial charge in [0.1, 0.15) is 9.71 Å². The molecule has 0 aliphatic rings. The highest BCUT2D eigenvalue weighted by Crippen LogP contribution is 2.31. The molecule has 0 fully saturated rings. The van der Waals surface area contributed by atoms with Gasteiger partial charge < -0.3 is 11.1 Å². The first-order valence-electron chi connectivity index (χ1n) is 5.54. The van der Waals surface area contributed by atoms with Gasteiger partial charge in [0, 0.05) is 17.0 Å². The van der Waals surface area contributed by atoms with Crippen LogP contribution in [0.2, 0.25) is 0 Å². The summed E-state index contributed by atoms with van der Waals surface area (Å²) in [5.41, 5.74) is 9.05. The molecule has 0 aromatic carbocycles. The van der Waals surface area contributed by atoms with Crippen molar-refractivity contribution < 1.29 is 4.79 Å². The van der Waals surface area contributed by atoms with E-state index in [9.17, 15) is 4.79 Å². The summed E-state index contributed by atoms with van der Waals surface area (Å²) in [7, 11) is 0. The molecule has 3 rings (SSSR count). The maximum absolute atomic E-state index is 12.1. The molecule has 19 heavy (non-hydrogen) atoms. The lowest BCUT2D eigenvalue weighted by Gasteiger charge is -2.01. The zero-order chi connectivity index (χ0) is 13.2. The number of nitrogens with one attached hydrogen (secondary N) is 1. The molecule has 0 aliphatic heterocycles. The van der Waals surface area contributed by atoms with Gasteiger partial charge >= 0.3 is 0 Å². The monoisotopic (exact) mass is 290 g/mol. The van der Waals surface area contributed by atoms with Gasteiger partial charge in [-0.2, -0.15) is 0 Å². The molecule has 0 atom stereocenters. The third kappa shape index (κ3) is 2.29. The number of thiazole rings is 1. The number of nitrogen functional groups attached to an aromatic ring is 1. The maximum atomic E-state index is 12.1. The topological polar surface area (TPSA) is 80.9 Å². The number of nitrogens with zero attached hydrogens (tertiary/aromatic N) is 2. The number of amides is 1. The minimum Gasteiger partial charge on any atom is -0.397 e. The number of hydrogen-bond acceptors (Lipinski definition) is 6. The largest absolute Gasteiger partial charge is 0.397 e. The molecule has 3 heterocycles. The summed E-state index contributed by atoms with van der Waals surface area (Å²) >= 11 is 2.80. The molecule has 0 radical (unpaired) electrons. The summed E-state index contributed by atoms with van der Waals surface area (Å²) in [4.78, 5) is 21.7. The molecule has 1 amide bonds. The number of rotatable bonds is 3. The van der Waals surface area contributed by atoms with Gasteiger partial charge in [-0.25, -0.2) is 9.97 Å². The van der Waals surface area contributed by atoms with E-state index in [1.54, 1.807) is 11.7 Å². The van der Waals surface area contributed by atoms with Crippen molar-refractivity contribution in [3.63, 3.8) is 0 Å². The van der Waals surface area contributed by atoms with Crippen LogP contribution < -0.4 is 11.1 Å². The zero-order valence-electron chi connectivity index (χ0n) is 9.79. The zero-order valence-corrected chi connectivity index (χ0v) is 11.4. The molecule has 0 saturated carbocycles. The molecule has 3 aromatic heterocycles. The van der Waals surface area contributed by atoms with E-state index >= 15 is 0 Å². The van der Waals surface area contributed by atoms with E-state index in [0.29, 0.717) is 17.1 Å². The summed E-state index contributed by atoms with van der Waals surface area (Å²) in [6.45, 7) is 0.406. The van der Waals surface area contributed by atoms with Crippen molar-refractivity contribution in [2.45, 2.75) is 6.54 Å². The number of aromatic nitrogens is 2. The van der Waals surface area contributed by atoms with E-state index in [0.717, 1.165) is 15.9 Å². The molecule has 0 aliphatic carbocycles. The van der Waals surface area contributed by atoms with Crippen LogP contribution in [0.1, 0.15) is 15.4 Å². The van der Waals surface area contributed by atoms with Crippen molar-refractivity contribution in [2.75, 3.05) is 5.73 Å². The highest BCUT2D eigenvalue weighted by Gasteiger charge is 2.16. The molecule has 0 bridgehead atoms. The molecule has 3 N–H and O–H groups in total. The Morgan fingerprint density at radius 3 is 3.05 bits per heavy atom. The van der Waals surface area contributed by atoms with Crippen LogP contribution in [0.5, 0.6) is 0 Å². The number of hydrogen-bond donors (Lipinski definition) is 2. The highest BCUT2D eigenvalue weighted by molar-refractivity contribution is 7.21. The van der Waals surface area contributed by atoms with Crippen LogP contribution in [0.25, 0.3) is 10.2 Å². The Morgan fingerprint density at radius 1 is 1.42 bits per heavy atom. The molecule has 0 saturated heterocycles. The van der Waals surface area contributed by atoms with Gasteiger partial charge in [-0.1, -0.05) is 0 Å². The van der Waals surface area contributed by atoms with Crippen molar-refractivity contribution >= 4 is 44.5 Å². The SMILES string of the molecule is Nc1c(C(=O)NCc2cscn2)sc2ncccc12. The number of thiophene rings is 1. The van der Waals surface area contributed by atoms with Crippen LogP contribution in [-0.4, -0.2) is 15.9 Å². The van der Waals surface area contributed by atoms with Crippen molar-refractivity contribution in [3.05, 3.63) is 39.8 Å². The van der Waals surface area contributed by atoms with Gasteiger partial charge in [0.05, 0.1) is 23.4 Å². The number of anilines is 1. The summed E-state index contributed by atoms with van der Waals surface area (Å²) in [6, 6.07) is 3.67. The van der Waals surface area contributed by atoms with Gasteiger partial charge in [-0.3, -0.25) is 4.79 Å². The number of carbonyl (C=O) groups is 1. The average Bonchev–Trinajstić information content (AvgIpc) is 3.05. The lowest BCUT2D eigenvalue weighted by atomic mass is 10.2. The molecule has 3 aromatic rings. The second-order valence-electron chi connectivity index (χ2n) is 3.86. The van der Waals surface area contributed by atoms with Crippen LogP contribution >= 0.6 is 22.7 Å². The Labute approximate surface area is 117 Å². The Bertz CT molecular complexity index is 720. The fourth-order valence-electron chi connectivity index (χ4n) is 1.70. The first-order valence-corrected chi connectivity index (χ1v) is 7.30. The lowest BCUT2D eigenvalue weighted by molar-refractivity contribution is 0.0955. The van der Waals surface area contributed by atoms with E-state index in [1.165, 1.54) is 22.7 Å². The van der Waals surface area contributed by atoms with Crippen LogP contribution in [-0.2, 0) is 6.54 Å². The van der Waals surface area contributed by atoms with Crippen LogP contribution in [0.4, 0.5) is 5.69 Å². The predicted molar refractivity (Wildman–Crippen MR) is 77.3 cm³/mol. The number of pyridine rings is 1. The van der Waals surface area contributed by atoms with Gasteiger partial charge in [-0.15, -0.1) is 22.7 Å². The molecule has 0 spiro atoms. The van der Waals surface area contributed by atoms with E-state index in [4.69, 9.17) is 5.73 Å². The first-order chi connectivity index (χ1) is 9.25. The Morgan fingerprint density at radius 2 is 2.32 bits per heavy atom. The lowest BCUT2D eigenvalue weighted by Crippen LogP contribution is -2.22. The maximum Gasteiger partial charge on any atom is 0.263 e. The smallest absolute Gasteiger partial charge is 0.263 e. The Hall–Kier alpha value is -1.99. The average molecular weight is 290 g/mol. The van der Waals surface area contributed by atoms with Crippen molar-refractivity contribution in [2.24, 2.45) is 0 Å². The first kappa shape index (κ1) is 12.1. The quantitative estimate of drug-likeness (QED) is 0.775. The standard InChI is InChI=1S/C12H10N4OS2/c13-9-8-2-1-3-14-12(8)19-10(9)11(17)15-4-7-5-18-6-16-7/h1-3,5-6H,4,13H2,(H,15,17). The van der Waals surface area contributed by atoms with Gasteiger partial charge in [0.15, 0.2) is 0 Å².